The molecular formula is C27H23FO. The predicted molar refractivity (Wildman–Crippen MR) is 120 cm³/mol. The van der Waals surface area contributed by atoms with Crippen LogP contribution in [0.5, 0.6) is 5.75 Å². The smallest absolute Gasteiger partial charge is 0.138 e. The second kappa shape index (κ2) is 8.32. The lowest BCUT2D eigenvalue weighted by atomic mass is 9.96. The molecule has 29 heavy (non-hydrogen) atoms. The SMILES string of the molecule is C=CCCc1ccc(-c2ccc3c(F)c(-c4ccc(OC)cc4)ccc3c2)cc1. The van der Waals surface area contributed by atoms with Gasteiger partial charge in [-0.2, -0.15) is 0 Å². The summed E-state index contributed by atoms with van der Waals surface area (Å²) in [5, 5.41) is 1.53. The van der Waals surface area contributed by atoms with E-state index in [1.807, 2.05) is 54.6 Å². The largest absolute Gasteiger partial charge is 0.497 e. The van der Waals surface area contributed by atoms with E-state index in [9.17, 15) is 0 Å². The lowest BCUT2D eigenvalue weighted by Gasteiger charge is -2.10. The molecule has 0 atom stereocenters. The van der Waals surface area contributed by atoms with Gasteiger partial charge in [0, 0.05) is 10.9 Å². The van der Waals surface area contributed by atoms with Gasteiger partial charge in [-0.1, -0.05) is 66.7 Å². The fraction of sp³-hybridized carbons (Fsp3) is 0.111. The third-order valence-electron chi connectivity index (χ3n) is 5.28. The molecule has 0 aliphatic heterocycles. The molecule has 144 valence electrons. The Morgan fingerprint density at radius 1 is 0.828 bits per heavy atom. The number of hydrogen-bond donors (Lipinski definition) is 0. The molecule has 1 nitrogen and oxygen atoms in total. The van der Waals surface area contributed by atoms with Gasteiger partial charge in [0.25, 0.3) is 0 Å². The number of halogens is 1. The molecule has 0 aromatic heterocycles. The van der Waals surface area contributed by atoms with Gasteiger partial charge < -0.3 is 4.74 Å². The van der Waals surface area contributed by atoms with Crippen LogP contribution in [-0.2, 0) is 6.42 Å². The summed E-state index contributed by atoms with van der Waals surface area (Å²) in [5.41, 5.74) is 4.95. The predicted octanol–water partition coefficient (Wildman–Crippen LogP) is 7.44. The molecule has 0 unspecified atom stereocenters. The number of fused-ring (bicyclic) bond motifs is 1. The minimum Gasteiger partial charge on any atom is -0.497 e. The first-order valence-electron chi connectivity index (χ1n) is 9.76. The number of ether oxygens (including phenoxy) is 1. The van der Waals surface area contributed by atoms with Gasteiger partial charge in [0.05, 0.1) is 7.11 Å². The van der Waals surface area contributed by atoms with Gasteiger partial charge >= 0.3 is 0 Å². The Hall–Kier alpha value is -3.39. The van der Waals surface area contributed by atoms with Crippen LogP contribution in [0.2, 0.25) is 0 Å². The van der Waals surface area contributed by atoms with E-state index in [-0.39, 0.29) is 5.82 Å². The zero-order valence-electron chi connectivity index (χ0n) is 16.5. The number of allylic oxidation sites excluding steroid dienone is 1. The van der Waals surface area contributed by atoms with Crippen LogP contribution in [0.3, 0.4) is 0 Å². The fourth-order valence-corrected chi connectivity index (χ4v) is 3.60. The van der Waals surface area contributed by atoms with E-state index >= 15 is 4.39 Å². The van der Waals surface area contributed by atoms with Crippen molar-refractivity contribution in [1.82, 2.24) is 0 Å². The summed E-state index contributed by atoms with van der Waals surface area (Å²) in [6, 6.07) is 25.8. The first-order chi connectivity index (χ1) is 14.2. The van der Waals surface area contributed by atoms with Gasteiger partial charge in [-0.05, 0) is 58.7 Å². The Balaban J connectivity index is 1.67. The highest BCUT2D eigenvalue weighted by Crippen LogP contribution is 2.32. The first-order valence-corrected chi connectivity index (χ1v) is 9.76. The number of methoxy groups -OCH3 is 1. The van der Waals surface area contributed by atoms with Crippen LogP contribution in [0.1, 0.15) is 12.0 Å². The van der Waals surface area contributed by atoms with Crippen LogP contribution < -0.4 is 4.74 Å². The van der Waals surface area contributed by atoms with Crippen LogP contribution in [0, 0.1) is 5.82 Å². The number of benzene rings is 4. The number of hydrogen-bond acceptors (Lipinski definition) is 1. The lowest BCUT2D eigenvalue weighted by molar-refractivity contribution is 0.415. The Kier molecular flexibility index (Phi) is 5.44. The minimum absolute atomic E-state index is 0.195. The van der Waals surface area contributed by atoms with Crippen LogP contribution in [0.25, 0.3) is 33.0 Å². The molecule has 0 saturated heterocycles. The van der Waals surface area contributed by atoms with Gasteiger partial charge in [0.2, 0.25) is 0 Å². The second-order valence-corrected chi connectivity index (χ2v) is 7.12. The molecule has 4 aromatic carbocycles. The molecule has 4 aromatic rings. The quantitative estimate of drug-likeness (QED) is 0.315. The van der Waals surface area contributed by atoms with Gasteiger partial charge in [-0.3, -0.25) is 0 Å². The van der Waals surface area contributed by atoms with Gasteiger partial charge in [0.15, 0.2) is 0 Å². The molecule has 0 heterocycles. The van der Waals surface area contributed by atoms with Gasteiger partial charge in [-0.15, -0.1) is 6.58 Å². The van der Waals surface area contributed by atoms with E-state index in [4.69, 9.17) is 4.74 Å². The van der Waals surface area contributed by atoms with Crippen molar-refractivity contribution in [3.63, 3.8) is 0 Å². The summed E-state index contributed by atoms with van der Waals surface area (Å²) in [5.74, 6) is 0.564. The lowest BCUT2D eigenvalue weighted by Crippen LogP contribution is -1.89. The molecule has 2 heteroatoms. The highest BCUT2D eigenvalue weighted by atomic mass is 19.1. The van der Waals surface area contributed by atoms with Crippen LogP contribution >= 0.6 is 0 Å². The highest BCUT2D eigenvalue weighted by Gasteiger charge is 2.10. The van der Waals surface area contributed by atoms with E-state index in [1.54, 1.807) is 7.11 Å². The summed E-state index contributed by atoms with van der Waals surface area (Å²) in [4.78, 5) is 0. The molecule has 4 rings (SSSR count). The molecule has 0 amide bonds. The summed E-state index contributed by atoms with van der Waals surface area (Å²) < 4.78 is 20.4. The molecule has 0 spiro atoms. The maximum absolute atomic E-state index is 15.2. The molecule has 0 fully saturated rings. The van der Waals surface area contributed by atoms with Gasteiger partial charge in [-0.25, -0.2) is 4.39 Å². The van der Waals surface area contributed by atoms with Crippen molar-refractivity contribution >= 4 is 10.8 Å². The van der Waals surface area contributed by atoms with E-state index in [1.165, 1.54) is 5.56 Å². The van der Waals surface area contributed by atoms with Crippen molar-refractivity contribution in [2.75, 3.05) is 7.11 Å². The van der Waals surface area contributed by atoms with Crippen LogP contribution in [0.4, 0.5) is 4.39 Å². The molecule has 0 N–H and O–H groups in total. The van der Waals surface area contributed by atoms with Gasteiger partial charge in [0.1, 0.15) is 11.6 Å². The molecular weight excluding hydrogens is 359 g/mol. The first kappa shape index (κ1) is 18.9. The Morgan fingerprint density at radius 2 is 1.52 bits per heavy atom. The van der Waals surface area contributed by atoms with Crippen molar-refractivity contribution in [1.29, 1.82) is 0 Å². The molecule has 0 saturated carbocycles. The van der Waals surface area contributed by atoms with Crippen molar-refractivity contribution in [2.24, 2.45) is 0 Å². The van der Waals surface area contributed by atoms with Crippen molar-refractivity contribution in [3.05, 3.63) is 103 Å². The Bertz CT molecular complexity index is 1140. The average Bonchev–Trinajstić information content (AvgIpc) is 2.78. The Morgan fingerprint density at radius 3 is 2.21 bits per heavy atom. The van der Waals surface area contributed by atoms with E-state index in [0.717, 1.165) is 40.7 Å². The summed E-state index contributed by atoms with van der Waals surface area (Å²) in [7, 11) is 1.62. The van der Waals surface area contributed by atoms with E-state index < -0.39 is 0 Å². The zero-order chi connectivity index (χ0) is 20.2. The van der Waals surface area contributed by atoms with Crippen molar-refractivity contribution in [2.45, 2.75) is 12.8 Å². The third-order valence-corrected chi connectivity index (χ3v) is 5.28. The summed E-state index contributed by atoms with van der Waals surface area (Å²) in [6.45, 7) is 3.77. The zero-order valence-corrected chi connectivity index (χ0v) is 16.5. The minimum atomic E-state index is -0.195. The summed E-state index contributed by atoms with van der Waals surface area (Å²) in [6.07, 6.45) is 3.91. The standard InChI is InChI=1S/C27H23FO/c1-3-4-5-19-6-8-20(9-7-19)22-12-16-26-23(18-22)13-17-25(27(26)28)21-10-14-24(29-2)15-11-21/h3,6-18H,1,4-5H2,2H3. The van der Waals surface area contributed by atoms with Crippen molar-refractivity contribution in [3.8, 4) is 28.0 Å². The maximum Gasteiger partial charge on any atom is 0.138 e. The molecule has 0 radical (unpaired) electrons. The van der Waals surface area contributed by atoms with Crippen molar-refractivity contribution < 1.29 is 9.13 Å². The van der Waals surface area contributed by atoms with Crippen LogP contribution in [-0.4, -0.2) is 7.11 Å². The normalized spacial score (nSPS) is 10.8. The van der Waals surface area contributed by atoms with E-state index in [2.05, 4.69) is 36.9 Å². The maximum atomic E-state index is 15.2. The highest BCUT2D eigenvalue weighted by molar-refractivity contribution is 5.91. The van der Waals surface area contributed by atoms with E-state index in [0.29, 0.717) is 10.9 Å². The summed E-state index contributed by atoms with van der Waals surface area (Å²) >= 11 is 0. The molecule has 0 bridgehead atoms. The monoisotopic (exact) mass is 382 g/mol. The second-order valence-electron chi connectivity index (χ2n) is 7.12. The Labute approximate surface area is 171 Å². The third kappa shape index (κ3) is 3.93. The molecule has 0 aliphatic rings. The average molecular weight is 382 g/mol. The number of rotatable bonds is 6. The molecule has 0 aliphatic carbocycles. The topological polar surface area (TPSA) is 9.23 Å². The fourth-order valence-electron chi connectivity index (χ4n) is 3.60. The van der Waals surface area contributed by atoms with Crippen LogP contribution in [0.15, 0.2) is 91.5 Å². The number of aryl methyl sites for hydroxylation is 1.